The van der Waals surface area contributed by atoms with Gasteiger partial charge in [0.25, 0.3) is 5.91 Å². The largest absolute Gasteiger partial charge is 0.329 e. The van der Waals surface area contributed by atoms with E-state index in [0.717, 1.165) is 0 Å². The molecule has 1 saturated heterocycles. The lowest BCUT2D eigenvalue weighted by molar-refractivity contribution is -0.119. The molecule has 1 unspecified atom stereocenters. The predicted octanol–water partition coefficient (Wildman–Crippen LogP) is 1.88. The van der Waals surface area contributed by atoms with E-state index >= 15 is 0 Å². The van der Waals surface area contributed by atoms with Crippen molar-refractivity contribution in [2.45, 2.75) is 6.04 Å². The fraction of sp³-hybridized carbons (Fsp3) is 0.0714. The topological polar surface area (TPSA) is 62.3 Å². The molecule has 0 aliphatic carbocycles. The highest BCUT2D eigenvalue weighted by Gasteiger charge is 2.40. The molecule has 1 N–H and O–H groups in total. The highest BCUT2D eigenvalue weighted by atomic mass is 16.2. The zero-order chi connectivity index (χ0) is 13.2. The molecule has 0 saturated carbocycles. The maximum Gasteiger partial charge on any atom is 0.329 e. The number of amides is 3. The number of imide groups is 1. The monoisotopic (exact) mass is 253 g/mol. The molecule has 3 rings (SSSR count). The Bertz CT molecular complexity index is 558. The Kier molecular flexibility index (Phi) is 2.72. The number of hydrogen-bond donors (Lipinski definition) is 1. The lowest BCUT2D eigenvalue weighted by Crippen LogP contribution is -2.29. The quantitative estimate of drug-likeness (QED) is 0.831. The van der Waals surface area contributed by atoms with Gasteiger partial charge in [0.2, 0.25) is 0 Å². The number of benzene rings is 1. The fourth-order valence-corrected chi connectivity index (χ4v) is 2.16. The van der Waals surface area contributed by atoms with Crippen LogP contribution in [-0.2, 0) is 4.79 Å². The highest BCUT2D eigenvalue weighted by Crippen LogP contribution is 2.30. The van der Waals surface area contributed by atoms with E-state index in [2.05, 4.69) is 10.3 Å². The molecule has 0 bridgehead atoms. The Morgan fingerprint density at radius 1 is 1.05 bits per heavy atom. The molecule has 1 aliphatic heterocycles. The van der Waals surface area contributed by atoms with Crippen LogP contribution in [0.4, 0.5) is 10.5 Å². The van der Waals surface area contributed by atoms with Crippen molar-refractivity contribution in [3.8, 4) is 0 Å². The Morgan fingerprint density at radius 3 is 2.53 bits per heavy atom. The molecule has 1 fully saturated rings. The maximum absolute atomic E-state index is 12.0. The first kappa shape index (κ1) is 11.4. The number of carbonyl (C=O) groups excluding carboxylic acids is 2. The summed E-state index contributed by atoms with van der Waals surface area (Å²) in [5.74, 6) is -0.332. The number of rotatable bonds is 2. The van der Waals surface area contributed by atoms with E-state index in [1.807, 2.05) is 18.2 Å². The highest BCUT2D eigenvalue weighted by molar-refractivity contribution is 6.14. The normalized spacial score (nSPS) is 18.5. The molecular formula is C14H11N3O2. The molecule has 0 radical (unpaired) electrons. The van der Waals surface area contributed by atoms with Crippen molar-refractivity contribution in [1.82, 2.24) is 10.3 Å². The molecule has 3 amide bonds. The van der Waals surface area contributed by atoms with Crippen molar-refractivity contribution in [3.63, 3.8) is 0 Å². The third-order valence-electron chi connectivity index (χ3n) is 2.99. The van der Waals surface area contributed by atoms with E-state index in [0.29, 0.717) is 11.3 Å². The predicted molar refractivity (Wildman–Crippen MR) is 69.4 cm³/mol. The van der Waals surface area contributed by atoms with Crippen LogP contribution >= 0.6 is 0 Å². The number of anilines is 1. The fourth-order valence-electron chi connectivity index (χ4n) is 2.16. The van der Waals surface area contributed by atoms with Crippen LogP contribution in [0, 0.1) is 0 Å². The van der Waals surface area contributed by atoms with Crippen LogP contribution in [-0.4, -0.2) is 16.9 Å². The maximum atomic E-state index is 12.0. The standard InChI is InChI=1S/C14H11N3O2/c18-13-12(10-5-4-8-15-9-10)17(14(19)16-13)11-6-2-1-3-7-11/h1-9,12H,(H,16,18,19). The molecule has 19 heavy (non-hydrogen) atoms. The third kappa shape index (κ3) is 1.95. The van der Waals surface area contributed by atoms with Crippen LogP contribution in [0.1, 0.15) is 11.6 Å². The molecule has 1 atom stereocenters. The third-order valence-corrected chi connectivity index (χ3v) is 2.99. The van der Waals surface area contributed by atoms with Gasteiger partial charge in [-0.1, -0.05) is 24.3 Å². The number of hydrogen-bond acceptors (Lipinski definition) is 3. The summed E-state index contributed by atoms with van der Waals surface area (Å²) in [6.45, 7) is 0. The molecule has 5 heteroatoms. The first-order chi connectivity index (χ1) is 9.27. The zero-order valence-electron chi connectivity index (χ0n) is 9.98. The van der Waals surface area contributed by atoms with E-state index in [9.17, 15) is 9.59 Å². The second-order valence-electron chi connectivity index (χ2n) is 4.19. The minimum atomic E-state index is -0.663. The first-order valence-corrected chi connectivity index (χ1v) is 5.86. The van der Waals surface area contributed by atoms with E-state index < -0.39 is 12.1 Å². The Hall–Kier alpha value is -2.69. The van der Waals surface area contributed by atoms with Crippen LogP contribution in [0.15, 0.2) is 54.9 Å². The van der Waals surface area contributed by atoms with Gasteiger partial charge >= 0.3 is 6.03 Å². The smallest absolute Gasteiger partial charge is 0.277 e. The van der Waals surface area contributed by atoms with Crippen molar-refractivity contribution >= 4 is 17.6 Å². The molecule has 5 nitrogen and oxygen atoms in total. The molecule has 1 aromatic heterocycles. The Morgan fingerprint density at radius 2 is 1.84 bits per heavy atom. The Labute approximate surface area is 109 Å². The molecule has 94 valence electrons. The van der Waals surface area contributed by atoms with Gasteiger partial charge in [-0.3, -0.25) is 20.0 Å². The molecule has 2 aromatic rings. The summed E-state index contributed by atoms with van der Waals surface area (Å²) < 4.78 is 0. The summed E-state index contributed by atoms with van der Waals surface area (Å²) in [5, 5.41) is 2.33. The lowest BCUT2D eigenvalue weighted by atomic mass is 10.1. The summed E-state index contributed by atoms with van der Waals surface area (Å²) in [6.07, 6.45) is 3.23. The van der Waals surface area contributed by atoms with Crippen LogP contribution < -0.4 is 10.2 Å². The van der Waals surface area contributed by atoms with Gasteiger partial charge in [-0.15, -0.1) is 0 Å². The van der Waals surface area contributed by atoms with Gasteiger partial charge in [0.05, 0.1) is 0 Å². The summed E-state index contributed by atoms with van der Waals surface area (Å²) in [7, 11) is 0. The number of aromatic nitrogens is 1. The molecule has 0 spiro atoms. The number of urea groups is 1. The zero-order valence-corrected chi connectivity index (χ0v) is 9.98. The van der Waals surface area contributed by atoms with E-state index in [1.165, 1.54) is 4.90 Å². The number of pyridine rings is 1. The van der Waals surface area contributed by atoms with Gasteiger partial charge in [-0.2, -0.15) is 0 Å². The van der Waals surface area contributed by atoms with Gasteiger partial charge in [0.1, 0.15) is 6.04 Å². The van der Waals surface area contributed by atoms with Crippen molar-refractivity contribution in [3.05, 3.63) is 60.4 Å². The first-order valence-electron chi connectivity index (χ1n) is 5.86. The molecule has 1 aliphatic rings. The Balaban J connectivity index is 2.06. The lowest BCUT2D eigenvalue weighted by Gasteiger charge is -2.21. The summed E-state index contributed by atoms with van der Waals surface area (Å²) in [4.78, 5) is 29.4. The van der Waals surface area contributed by atoms with Gasteiger partial charge < -0.3 is 0 Å². The van der Waals surface area contributed by atoms with Crippen LogP contribution in [0.3, 0.4) is 0 Å². The van der Waals surface area contributed by atoms with E-state index in [4.69, 9.17) is 0 Å². The van der Waals surface area contributed by atoms with Crippen molar-refractivity contribution in [1.29, 1.82) is 0 Å². The number of nitrogens with zero attached hydrogens (tertiary/aromatic N) is 2. The molecular weight excluding hydrogens is 242 g/mol. The number of nitrogens with one attached hydrogen (secondary N) is 1. The molecule has 1 aromatic carbocycles. The summed E-state index contributed by atoms with van der Waals surface area (Å²) >= 11 is 0. The van der Waals surface area contributed by atoms with E-state index in [1.54, 1.807) is 36.7 Å². The van der Waals surface area contributed by atoms with Gasteiger partial charge in [-0.05, 0) is 18.2 Å². The number of carbonyl (C=O) groups is 2. The van der Waals surface area contributed by atoms with E-state index in [-0.39, 0.29) is 5.91 Å². The van der Waals surface area contributed by atoms with Crippen molar-refractivity contribution < 1.29 is 9.59 Å². The van der Waals surface area contributed by atoms with Gasteiger partial charge in [0, 0.05) is 23.6 Å². The minimum Gasteiger partial charge on any atom is -0.277 e. The van der Waals surface area contributed by atoms with Gasteiger partial charge in [0.15, 0.2) is 0 Å². The van der Waals surface area contributed by atoms with Crippen LogP contribution in [0.2, 0.25) is 0 Å². The van der Waals surface area contributed by atoms with Crippen molar-refractivity contribution in [2.75, 3.05) is 4.90 Å². The number of para-hydroxylation sites is 1. The molecule has 2 heterocycles. The van der Waals surface area contributed by atoms with Gasteiger partial charge in [-0.25, -0.2) is 4.79 Å². The average Bonchev–Trinajstić information content (AvgIpc) is 2.75. The minimum absolute atomic E-state index is 0.332. The van der Waals surface area contributed by atoms with Crippen molar-refractivity contribution in [2.24, 2.45) is 0 Å². The van der Waals surface area contributed by atoms with Crippen LogP contribution in [0.5, 0.6) is 0 Å². The SMILES string of the molecule is O=C1NC(=O)N(c2ccccc2)C1c1cccnc1. The average molecular weight is 253 g/mol. The second kappa shape index (κ2) is 4.53. The van der Waals surface area contributed by atoms with Crippen LogP contribution in [0.25, 0.3) is 0 Å². The summed E-state index contributed by atoms with van der Waals surface area (Å²) in [5.41, 5.74) is 1.37. The second-order valence-corrected chi connectivity index (χ2v) is 4.19. The summed E-state index contributed by atoms with van der Waals surface area (Å²) in [6, 6.07) is 11.5.